The Bertz CT molecular complexity index is 796. The number of hydrogen-bond acceptors (Lipinski definition) is 4. The predicted molar refractivity (Wildman–Crippen MR) is 119 cm³/mol. The molecule has 6 nitrogen and oxygen atoms in total. The Kier molecular flexibility index (Phi) is 8.02. The molecule has 2 aromatic carbocycles. The van der Waals surface area contributed by atoms with Crippen molar-refractivity contribution in [3.63, 3.8) is 0 Å². The van der Waals surface area contributed by atoms with Gasteiger partial charge in [-0.15, -0.1) is 24.0 Å². The Labute approximate surface area is 177 Å². The second-order valence-electron chi connectivity index (χ2n) is 6.12. The van der Waals surface area contributed by atoms with E-state index in [4.69, 9.17) is 14.2 Å². The lowest BCUT2D eigenvalue weighted by Gasteiger charge is -2.14. The summed E-state index contributed by atoms with van der Waals surface area (Å²) < 4.78 is 16.7. The van der Waals surface area contributed by atoms with Crippen LogP contribution in [0.5, 0.6) is 17.2 Å². The fourth-order valence-corrected chi connectivity index (χ4v) is 2.79. The molecule has 0 amide bonds. The summed E-state index contributed by atoms with van der Waals surface area (Å²) in [6.45, 7) is 4.04. The molecule has 0 bridgehead atoms. The van der Waals surface area contributed by atoms with E-state index in [1.165, 1.54) is 0 Å². The molecule has 0 aliphatic carbocycles. The number of nitrogens with one attached hydrogen (secondary N) is 2. The van der Waals surface area contributed by atoms with Gasteiger partial charge in [-0.3, -0.25) is 4.99 Å². The molecule has 146 valence electrons. The van der Waals surface area contributed by atoms with Crippen molar-refractivity contribution in [3.8, 4) is 17.2 Å². The molecule has 27 heavy (non-hydrogen) atoms. The van der Waals surface area contributed by atoms with Crippen molar-refractivity contribution < 1.29 is 14.2 Å². The minimum Gasteiger partial charge on any atom is -0.497 e. The highest BCUT2D eigenvalue weighted by Crippen LogP contribution is 2.32. The number of benzene rings is 2. The second kappa shape index (κ2) is 10.2. The maximum absolute atomic E-state index is 5.73. The SMILES string of the molecule is CN=C(NCc1cc(C)cc(OC)c1)Nc1ccc2c(c1)OCCCO2.I. The summed E-state index contributed by atoms with van der Waals surface area (Å²) in [6, 6.07) is 12.0. The van der Waals surface area contributed by atoms with Gasteiger partial charge in [-0.25, -0.2) is 0 Å². The number of ether oxygens (including phenoxy) is 3. The van der Waals surface area contributed by atoms with Crippen LogP contribution in [0.1, 0.15) is 17.5 Å². The fourth-order valence-electron chi connectivity index (χ4n) is 2.79. The first-order valence-electron chi connectivity index (χ1n) is 8.70. The summed E-state index contributed by atoms with van der Waals surface area (Å²) in [5, 5.41) is 6.60. The molecule has 1 aliphatic rings. The van der Waals surface area contributed by atoms with Crippen LogP contribution in [0.2, 0.25) is 0 Å². The standard InChI is InChI=1S/C20H25N3O3.HI/c1-14-9-15(11-17(10-14)24-3)13-22-20(21-2)23-16-5-6-18-19(12-16)26-8-4-7-25-18;/h5-6,9-12H,4,7-8,13H2,1-3H3,(H2,21,22,23);1H. The molecular weight excluding hydrogens is 457 g/mol. The number of fused-ring (bicyclic) bond motifs is 1. The molecule has 0 unspecified atom stereocenters. The minimum atomic E-state index is 0. The lowest BCUT2D eigenvalue weighted by Crippen LogP contribution is -2.30. The van der Waals surface area contributed by atoms with Crippen LogP contribution in [-0.2, 0) is 6.54 Å². The van der Waals surface area contributed by atoms with Crippen LogP contribution in [0, 0.1) is 6.92 Å². The average molecular weight is 483 g/mol. The molecule has 0 spiro atoms. The molecule has 3 rings (SSSR count). The summed E-state index contributed by atoms with van der Waals surface area (Å²) in [7, 11) is 3.42. The third-order valence-electron chi connectivity index (χ3n) is 4.04. The van der Waals surface area contributed by atoms with E-state index in [2.05, 4.69) is 28.6 Å². The summed E-state index contributed by atoms with van der Waals surface area (Å²) in [4.78, 5) is 4.29. The van der Waals surface area contributed by atoms with Gasteiger partial charge in [0.1, 0.15) is 5.75 Å². The topological polar surface area (TPSA) is 64.1 Å². The zero-order valence-corrected chi connectivity index (χ0v) is 18.2. The zero-order valence-electron chi connectivity index (χ0n) is 15.9. The highest BCUT2D eigenvalue weighted by atomic mass is 127. The molecular formula is C20H26IN3O3. The van der Waals surface area contributed by atoms with Crippen molar-refractivity contribution in [2.75, 3.05) is 32.7 Å². The van der Waals surface area contributed by atoms with Crippen LogP contribution in [0.3, 0.4) is 0 Å². The van der Waals surface area contributed by atoms with Gasteiger partial charge in [0.15, 0.2) is 17.5 Å². The Morgan fingerprint density at radius 2 is 1.89 bits per heavy atom. The highest BCUT2D eigenvalue weighted by Gasteiger charge is 2.11. The molecule has 0 saturated carbocycles. The largest absolute Gasteiger partial charge is 0.497 e. The first-order valence-corrected chi connectivity index (χ1v) is 8.70. The van der Waals surface area contributed by atoms with Crippen molar-refractivity contribution in [2.45, 2.75) is 19.9 Å². The normalized spacial score (nSPS) is 13.2. The fraction of sp³-hybridized carbons (Fsp3) is 0.350. The summed E-state index contributed by atoms with van der Waals surface area (Å²) in [5.41, 5.74) is 3.18. The molecule has 0 saturated heterocycles. The van der Waals surface area contributed by atoms with Crippen LogP contribution in [0.4, 0.5) is 5.69 Å². The van der Waals surface area contributed by atoms with Gasteiger partial charge in [0, 0.05) is 31.8 Å². The maximum Gasteiger partial charge on any atom is 0.195 e. The maximum atomic E-state index is 5.73. The Morgan fingerprint density at radius 3 is 2.63 bits per heavy atom. The Morgan fingerprint density at radius 1 is 1.11 bits per heavy atom. The van der Waals surface area contributed by atoms with E-state index >= 15 is 0 Å². The second-order valence-corrected chi connectivity index (χ2v) is 6.12. The van der Waals surface area contributed by atoms with Gasteiger partial charge in [-0.05, 0) is 42.3 Å². The number of hydrogen-bond donors (Lipinski definition) is 2. The molecule has 7 heteroatoms. The first-order chi connectivity index (χ1) is 12.7. The van der Waals surface area contributed by atoms with Gasteiger partial charge in [-0.2, -0.15) is 0 Å². The van der Waals surface area contributed by atoms with Gasteiger partial charge >= 0.3 is 0 Å². The molecule has 0 fully saturated rings. The van der Waals surface area contributed by atoms with Crippen molar-refractivity contribution in [1.82, 2.24) is 5.32 Å². The number of aryl methyl sites for hydroxylation is 1. The molecule has 0 atom stereocenters. The van der Waals surface area contributed by atoms with Gasteiger partial charge in [-0.1, -0.05) is 6.07 Å². The summed E-state index contributed by atoms with van der Waals surface area (Å²) in [6.07, 6.45) is 0.890. The van der Waals surface area contributed by atoms with Crippen molar-refractivity contribution in [1.29, 1.82) is 0 Å². The highest BCUT2D eigenvalue weighted by molar-refractivity contribution is 14.0. The lowest BCUT2D eigenvalue weighted by molar-refractivity contribution is 0.297. The number of aliphatic imine (C=N–C) groups is 1. The predicted octanol–water partition coefficient (Wildman–Crippen LogP) is 3.97. The van der Waals surface area contributed by atoms with Crippen molar-refractivity contribution in [2.24, 2.45) is 4.99 Å². The Balaban J connectivity index is 0.00000261. The van der Waals surface area contributed by atoms with E-state index in [-0.39, 0.29) is 24.0 Å². The average Bonchev–Trinajstić information content (AvgIpc) is 2.89. The minimum absolute atomic E-state index is 0. The number of nitrogens with zero attached hydrogens (tertiary/aromatic N) is 1. The van der Waals surface area contributed by atoms with E-state index in [0.717, 1.165) is 40.5 Å². The molecule has 2 N–H and O–H groups in total. The van der Waals surface area contributed by atoms with Crippen LogP contribution in [0.15, 0.2) is 41.4 Å². The van der Waals surface area contributed by atoms with Crippen LogP contribution in [-0.4, -0.2) is 33.3 Å². The molecule has 1 heterocycles. The summed E-state index contributed by atoms with van der Waals surface area (Å²) >= 11 is 0. The molecule has 0 aromatic heterocycles. The molecule has 0 radical (unpaired) electrons. The monoisotopic (exact) mass is 483 g/mol. The van der Waals surface area contributed by atoms with E-state index in [1.54, 1.807) is 14.2 Å². The van der Waals surface area contributed by atoms with Gasteiger partial charge in [0.05, 0.1) is 20.3 Å². The van der Waals surface area contributed by atoms with Gasteiger partial charge < -0.3 is 24.8 Å². The summed E-state index contributed by atoms with van der Waals surface area (Å²) in [5.74, 6) is 3.07. The van der Waals surface area contributed by atoms with Crippen LogP contribution < -0.4 is 24.8 Å². The van der Waals surface area contributed by atoms with E-state index in [1.807, 2.05) is 30.3 Å². The Hall–Kier alpha value is -2.16. The molecule has 2 aromatic rings. The van der Waals surface area contributed by atoms with E-state index in [0.29, 0.717) is 25.7 Å². The van der Waals surface area contributed by atoms with Crippen LogP contribution in [0.25, 0.3) is 0 Å². The van der Waals surface area contributed by atoms with Crippen molar-refractivity contribution >= 4 is 35.6 Å². The third-order valence-corrected chi connectivity index (χ3v) is 4.04. The van der Waals surface area contributed by atoms with E-state index in [9.17, 15) is 0 Å². The number of anilines is 1. The van der Waals surface area contributed by atoms with Gasteiger partial charge in [0.25, 0.3) is 0 Å². The first kappa shape index (κ1) is 21.1. The number of halogens is 1. The quantitative estimate of drug-likeness (QED) is 0.392. The van der Waals surface area contributed by atoms with Crippen molar-refractivity contribution in [3.05, 3.63) is 47.5 Å². The van der Waals surface area contributed by atoms with Gasteiger partial charge in [0.2, 0.25) is 0 Å². The smallest absolute Gasteiger partial charge is 0.195 e. The third kappa shape index (κ3) is 5.92. The number of rotatable bonds is 4. The zero-order chi connectivity index (χ0) is 18.4. The number of methoxy groups -OCH3 is 1. The molecule has 1 aliphatic heterocycles. The van der Waals surface area contributed by atoms with E-state index < -0.39 is 0 Å². The number of guanidine groups is 1. The van der Waals surface area contributed by atoms with Crippen LogP contribution >= 0.6 is 24.0 Å². The lowest BCUT2D eigenvalue weighted by atomic mass is 10.1.